The molecule has 0 bridgehead atoms. The normalized spacial score (nSPS) is 14.1. The van der Waals surface area contributed by atoms with E-state index >= 15 is 0 Å². The molecular weight excluding hydrogens is 336 g/mol. The number of fused-ring (bicyclic) bond motifs is 1. The van der Waals surface area contributed by atoms with Crippen molar-refractivity contribution in [2.24, 2.45) is 0 Å². The molecule has 4 rings (SSSR count). The first-order valence-electron chi connectivity index (χ1n) is 8.06. The molecule has 0 radical (unpaired) electrons. The zero-order valence-corrected chi connectivity index (χ0v) is 14.6. The Morgan fingerprint density at radius 1 is 1.24 bits per heavy atom. The van der Waals surface area contributed by atoms with Gasteiger partial charge in [0.15, 0.2) is 4.77 Å². The van der Waals surface area contributed by atoms with Crippen LogP contribution in [0.25, 0.3) is 5.69 Å². The number of hydrogen-bond acceptors (Lipinski definition) is 5. The molecule has 25 heavy (non-hydrogen) atoms. The van der Waals surface area contributed by atoms with E-state index < -0.39 is 0 Å². The monoisotopic (exact) mass is 354 g/mol. The maximum Gasteiger partial charge on any atom is 0.258 e. The van der Waals surface area contributed by atoms with Crippen molar-refractivity contribution in [3.05, 3.63) is 74.7 Å². The largest absolute Gasteiger partial charge is 0.468 e. The molecule has 1 aliphatic heterocycles. The van der Waals surface area contributed by atoms with Crippen LogP contribution in [-0.2, 0) is 13.1 Å². The van der Waals surface area contributed by atoms with Gasteiger partial charge in [0.2, 0.25) is 0 Å². The fourth-order valence-corrected chi connectivity index (χ4v) is 3.43. The van der Waals surface area contributed by atoms with Crippen molar-refractivity contribution in [2.45, 2.75) is 20.0 Å². The highest BCUT2D eigenvalue weighted by molar-refractivity contribution is 7.71. The highest BCUT2D eigenvalue weighted by Crippen LogP contribution is 2.25. The second-order valence-electron chi connectivity index (χ2n) is 6.11. The van der Waals surface area contributed by atoms with Crippen LogP contribution in [0, 0.1) is 11.7 Å². The number of H-pyrrole nitrogens is 1. The summed E-state index contributed by atoms with van der Waals surface area (Å²) in [6, 6.07) is 11.8. The highest BCUT2D eigenvalue weighted by Gasteiger charge is 2.23. The molecule has 7 heteroatoms. The predicted molar refractivity (Wildman–Crippen MR) is 98.4 cm³/mol. The molecule has 2 N–H and O–H groups in total. The Hall–Kier alpha value is -2.64. The first kappa shape index (κ1) is 15.9. The quantitative estimate of drug-likeness (QED) is 0.707. The molecule has 3 aromatic rings. The predicted octanol–water partition coefficient (Wildman–Crippen LogP) is 3.18. The summed E-state index contributed by atoms with van der Waals surface area (Å²) in [4.78, 5) is 17.4. The van der Waals surface area contributed by atoms with E-state index in [9.17, 15) is 4.79 Å². The first-order chi connectivity index (χ1) is 12.1. The fraction of sp³-hybridized carbons (Fsp3) is 0.222. The summed E-state index contributed by atoms with van der Waals surface area (Å²) in [5.41, 5.74) is 2.58. The minimum absolute atomic E-state index is 0.151. The molecule has 1 aromatic carbocycles. The average molecular weight is 354 g/mol. The molecule has 1 aliphatic rings. The van der Waals surface area contributed by atoms with Gasteiger partial charge in [-0.2, -0.15) is 0 Å². The number of nitrogens with zero attached hydrogens (tertiary/aromatic N) is 2. The number of benzene rings is 1. The number of para-hydroxylation sites is 1. The molecular formula is C18H18N4O2S. The van der Waals surface area contributed by atoms with Crippen LogP contribution in [0.4, 0.5) is 5.82 Å². The Morgan fingerprint density at radius 2 is 2.08 bits per heavy atom. The second kappa shape index (κ2) is 6.34. The van der Waals surface area contributed by atoms with E-state index in [-0.39, 0.29) is 5.56 Å². The van der Waals surface area contributed by atoms with Gasteiger partial charge in [-0.25, -0.2) is 0 Å². The molecule has 0 aliphatic carbocycles. The Kier molecular flexibility index (Phi) is 4.03. The summed E-state index contributed by atoms with van der Waals surface area (Å²) in [6.45, 7) is 3.80. The van der Waals surface area contributed by atoms with Crippen molar-refractivity contribution < 1.29 is 4.42 Å². The van der Waals surface area contributed by atoms with Crippen LogP contribution < -0.4 is 10.9 Å². The van der Waals surface area contributed by atoms with Crippen LogP contribution in [0.5, 0.6) is 0 Å². The Labute approximate surface area is 149 Å². The number of aryl methyl sites for hydroxylation is 1. The Balaban J connectivity index is 1.77. The van der Waals surface area contributed by atoms with Gasteiger partial charge in [0.25, 0.3) is 5.56 Å². The van der Waals surface area contributed by atoms with Crippen LogP contribution in [0.3, 0.4) is 0 Å². The molecule has 0 saturated carbocycles. The lowest BCUT2D eigenvalue weighted by molar-refractivity contribution is 0.241. The van der Waals surface area contributed by atoms with Gasteiger partial charge in [-0.3, -0.25) is 19.2 Å². The van der Waals surface area contributed by atoms with E-state index in [1.807, 2.05) is 47.9 Å². The summed E-state index contributed by atoms with van der Waals surface area (Å²) in [6.07, 6.45) is 1.66. The lowest BCUT2D eigenvalue weighted by Crippen LogP contribution is -2.38. The van der Waals surface area contributed by atoms with Gasteiger partial charge in [-0.15, -0.1) is 0 Å². The number of rotatable bonds is 3. The molecule has 0 atom stereocenters. The van der Waals surface area contributed by atoms with Gasteiger partial charge in [-0.05, 0) is 42.9 Å². The summed E-state index contributed by atoms with van der Waals surface area (Å²) >= 11 is 5.43. The minimum atomic E-state index is -0.151. The summed E-state index contributed by atoms with van der Waals surface area (Å²) in [5.74, 6) is 1.63. The number of aromatic amines is 1. The van der Waals surface area contributed by atoms with E-state index in [4.69, 9.17) is 16.6 Å². The van der Waals surface area contributed by atoms with Crippen molar-refractivity contribution in [3.63, 3.8) is 0 Å². The van der Waals surface area contributed by atoms with Crippen LogP contribution in [0.15, 0.2) is 51.9 Å². The van der Waals surface area contributed by atoms with Gasteiger partial charge in [0, 0.05) is 6.54 Å². The maximum absolute atomic E-state index is 12.5. The van der Waals surface area contributed by atoms with Crippen molar-refractivity contribution in [1.29, 1.82) is 0 Å². The van der Waals surface area contributed by atoms with Crippen molar-refractivity contribution in [3.8, 4) is 5.69 Å². The van der Waals surface area contributed by atoms with Crippen molar-refractivity contribution in [2.75, 3.05) is 12.0 Å². The van der Waals surface area contributed by atoms with Gasteiger partial charge in [0.1, 0.15) is 11.6 Å². The third-order valence-electron chi connectivity index (χ3n) is 4.37. The number of nitrogens with one attached hydrogen (secondary N) is 2. The number of anilines is 1. The second-order valence-corrected chi connectivity index (χ2v) is 6.50. The topological polar surface area (TPSA) is 66.2 Å². The smallest absolute Gasteiger partial charge is 0.258 e. The third-order valence-corrected chi connectivity index (χ3v) is 4.66. The van der Waals surface area contributed by atoms with Crippen molar-refractivity contribution in [1.82, 2.24) is 14.5 Å². The van der Waals surface area contributed by atoms with Crippen molar-refractivity contribution >= 4 is 18.0 Å². The molecule has 0 amide bonds. The van der Waals surface area contributed by atoms with Crippen LogP contribution in [0.1, 0.15) is 16.9 Å². The lowest BCUT2D eigenvalue weighted by Gasteiger charge is -2.30. The van der Waals surface area contributed by atoms with E-state index in [0.29, 0.717) is 30.1 Å². The number of hydrogen-bond donors (Lipinski definition) is 2. The van der Waals surface area contributed by atoms with E-state index in [0.717, 1.165) is 22.8 Å². The minimum Gasteiger partial charge on any atom is -0.468 e. The van der Waals surface area contributed by atoms with Crippen LogP contribution >= 0.6 is 12.2 Å². The molecule has 3 heterocycles. The highest BCUT2D eigenvalue weighted by atomic mass is 32.1. The standard InChI is InChI=1S/C18H18N4O2S/c1-12-5-2-3-7-15(12)22-16-14(17(23)20-18(22)25)10-21(11-19-16)9-13-6-4-8-24-13/h2-8,19H,9-11H2,1H3,(H,20,23,25). The molecule has 6 nitrogen and oxygen atoms in total. The van der Waals surface area contributed by atoms with Gasteiger partial charge >= 0.3 is 0 Å². The summed E-state index contributed by atoms with van der Waals surface area (Å²) in [5, 5.41) is 3.36. The lowest BCUT2D eigenvalue weighted by atomic mass is 10.1. The number of aromatic nitrogens is 2. The van der Waals surface area contributed by atoms with E-state index in [2.05, 4.69) is 15.2 Å². The Morgan fingerprint density at radius 3 is 2.84 bits per heavy atom. The molecule has 0 unspecified atom stereocenters. The molecule has 128 valence electrons. The Bertz CT molecular complexity index is 1020. The van der Waals surface area contributed by atoms with E-state index in [1.165, 1.54) is 0 Å². The molecule has 0 spiro atoms. The molecule has 2 aromatic heterocycles. The molecule has 0 fully saturated rings. The fourth-order valence-electron chi connectivity index (χ4n) is 3.15. The van der Waals surface area contributed by atoms with E-state index in [1.54, 1.807) is 6.26 Å². The number of furan rings is 1. The maximum atomic E-state index is 12.5. The third kappa shape index (κ3) is 2.92. The van der Waals surface area contributed by atoms with Gasteiger partial charge in [-0.1, -0.05) is 18.2 Å². The zero-order valence-electron chi connectivity index (χ0n) is 13.8. The zero-order chi connectivity index (χ0) is 17.4. The molecule has 0 saturated heterocycles. The van der Waals surface area contributed by atoms with Crippen LogP contribution in [-0.4, -0.2) is 21.1 Å². The van der Waals surface area contributed by atoms with Gasteiger partial charge < -0.3 is 9.73 Å². The SMILES string of the molecule is Cc1ccccc1-n1c2c(c(=O)[nH]c1=S)CN(Cc1ccco1)CN2. The average Bonchev–Trinajstić information content (AvgIpc) is 3.10. The summed E-state index contributed by atoms with van der Waals surface area (Å²) in [7, 11) is 0. The van der Waals surface area contributed by atoms with Gasteiger partial charge in [0.05, 0.1) is 30.7 Å². The summed E-state index contributed by atoms with van der Waals surface area (Å²) < 4.78 is 7.71. The first-order valence-corrected chi connectivity index (χ1v) is 8.47. The van der Waals surface area contributed by atoms with Crippen LogP contribution in [0.2, 0.25) is 0 Å².